The van der Waals surface area contributed by atoms with E-state index < -0.39 is 26.1 Å². The van der Waals surface area contributed by atoms with Crippen LogP contribution >= 0.6 is 23.2 Å². The summed E-state index contributed by atoms with van der Waals surface area (Å²) in [4.78, 5) is 11.5. The second-order valence-corrected chi connectivity index (χ2v) is 9.91. The van der Waals surface area contributed by atoms with Crippen molar-refractivity contribution in [2.75, 3.05) is 13.1 Å². The molecule has 2 aromatic rings. The summed E-state index contributed by atoms with van der Waals surface area (Å²) in [6.45, 7) is 1.45. The number of rotatable bonds is 7. The van der Waals surface area contributed by atoms with Gasteiger partial charge in [-0.1, -0.05) is 40.9 Å². The summed E-state index contributed by atoms with van der Waals surface area (Å²) in [7, 11) is -7.98. The summed E-state index contributed by atoms with van der Waals surface area (Å²) in [5, 5.41) is 2.44. The van der Waals surface area contributed by atoms with Gasteiger partial charge in [-0.25, -0.2) is 31.1 Å². The molecule has 0 aromatic heterocycles. The van der Waals surface area contributed by atoms with Gasteiger partial charge in [-0.05, 0) is 37.3 Å². The minimum absolute atomic E-state index is 0.00760. The first-order chi connectivity index (χ1) is 13.0. The van der Waals surface area contributed by atoms with Gasteiger partial charge in [0.15, 0.2) is 0 Å². The molecule has 0 aliphatic heterocycles. The summed E-state index contributed by atoms with van der Waals surface area (Å²) < 4.78 is 52.7. The van der Waals surface area contributed by atoms with Crippen molar-refractivity contribution in [1.82, 2.24) is 14.8 Å². The lowest BCUT2D eigenvalue weighted by Gasteiger charge is -2.11. The van der Waals surface area contributed by atoms with E-state index in [1.165, 1.54) is 30.3 Å². The molecule has 0 bridgehead atoms. The van der Waals surface area contributed by atoms with E-state index in [2.05, 4.69) is 10.0 Å². The Morgan fingerprint density at radius 2 is 1.57 bits per heavy atom. The van der Waals surface area contributed by atoms with Gasteiger partial charge in [0.2, 0.25) is 10.0 Å². The van der Waals surface area contributed by atoms with E-state index in [1.54, 1.807) is 19.1 Å². The number of carbonyl (C=O) groups excluding carboxylic acids is 1. The molecular formula is C16H17Cl2N3O5S2. The molecule has 8 nitrogen and oxygen atoms in total. The number of sulfonamides is 2. The largest absolute Gasteiger partial charge is 0.336 e. The lowest BCUT2D eigenvalue weighted by Crippen LogP contribution is -2.42. The smallest absolute Gasteiger partial charge is 0.328 e. The zero-order valence-corrected chi connectivity index (χ0v) is 17.7. The van der Waals surface area contributed by atoms with Gasteiger partial charge in [0.25, 0.3) is 10.0 Å². The summed E-state index contributed by atoms with van der Waals surface area (Å²) in [6.07, 6.45) is 0. The van der Waals surface area contributed by atoms with Crippen LogP contribution in [0, 0.1) is 6.92 Å². The molecular weight excluding hydrogens is 449 g/mol. The maximum atomic E-state index is 12.2. The Labute approximate surface area is 173 Å². The number of halogens is 2. The lowest BCUT2D eigenvalue weighted by atomic mass is 10.2. The highest BCUT2D eigenvalue weighted by Crippen LogP contribution is 2.24. The first kappa shape index (κ1) is 22.4. The third-order valence-corrected chi connectivity index (χ3v) is 6.97. The summed E-state index contributed by atoms with van der Waals surface area (Å²) in [5.41, 5.74) is 0.871. The fourth-order valence-electron chi connectivity index (χ4n) is 2.06. The van der Waals surface area contributed by atoms with Crippen LogP contribution in [0.15, 0.2) is 52.3 Å². The summed E-state index contributed by atoms with van der Waals surface area (Å²) in [6, 6.07) is 8.94. The van der Waals surface area contributed by atoms with Crippen LogP contribution in [0.4, 0.5) is 4.79 Å². The molecule has 2 amide bonds. The highest BCUT2D eigenvalue weighted by Gasteiger charge is 2.19. The Bertz CT molecular complexity index is 1070. The number of hydrogen-bond donors (Lipinski definition) is 3. The topological polar surface area (TPSA) is 121 Å². The van der Waals surface area contributed by atoms with Crippen LogP contribution < -0.4 is 14.8 Å². The van der Waals surface area contributed by atoms with E-state index in [-0.39, 0.29) is 32.9 Å². The average molecular weight is 466 g/mol. The Morgan fingerprint density at radius 1 is 0.929 bits per heavy atom. The Morgan fingerprint density at radius 3 is 2.21 bits per heavy atom. The zero-order chi connectivity index (χ0) is 20.9. The van der Waals surface area contributed by atoms with Gasteiger partial charge in [-0.2, -0.15) is 0 Å². The van der Waals surface area contributed by atoms with Crippen LogP contribution in [0.1, 0.15) is 5.56 Å². The molecule has 2 rings (SSSR count). The molecule has 0 aliphatic carbocycles. The number of amides is 2. The normalized spacial score (nSPS) is 11.8. The van der Waals surface area contributed by atoms with Gasteiger partial charge in [-0.3, -0.25) is 0 Å². The number of urea groups is 1. The van der Waals surface area contributed by atoms with Crippen molar-refractivity contribution < 1.29 is 21.6 Å². The molecule has 2 aromatic carbocycles. The predicted octanol–water partition coefficient (Wildman–Crippen LogP) is 2.27. The Hall–Kier alpha value is -1.85. The van der Waals surface area contributed by atoms with Crippen LogP contribution in [0.2, 0.25) is 10.0 Å². The maximum absolute atomic E-state index is 12.2. The second kappa shape index (κ2) is 9.10. The molecule has 0 radical (unpaired) electrons. The van der Waals surface area contributed by atoms with E-state index in [9.17, 15) is 21.6 Å². The minimum Gasteiger partial charge on any atom is -0.336 e. The number of benzene rings is 2. The molecule has 152 valence electrons. The molecule has 0 saturated heterocycles. The molecule has 0 heterocycles. The van der Waals surface area contributed by atoms with E-state index in [1.807, 2.05) is 4.72 Å². The highest BCUT2D eigenvalue weighted by atomic mass is 35.5. The number of hydrogen-bond acceptors (Lipinski definition) is 5. The molecule has 0 saturated carbocycles. The third-order valence-electron chi connectivity index (χ3n) is 3.44. The van der Waals surface area contributed by atoms with Gasteiger partial charge in [0.05, 0.1) is 9.92 Å². The van der Waals surface area contributed by atoms with Gasteiger partial charge in [-0.15, -0.1) is 0 Å². The summed E-state index contributed by atoms with van der Waals surface area (Å²) in [5.74, 6) is 0. The third kappa shape index (κ3) is 6.08. The molecule has 0 atom stereocenters. The second-order valence-electron chi connectivity index (χ2n) is 5.65. The Balaban J connectivity index is 1.88. The predicted molar refractivity (Wildman–Crippen MR) is 107 cm³/mol. The van der Waals surface area contributed by atoms with E-state index in [0.717, 1.165) is 5.56 Å². The zero-order valence-electron chi connectivity index (χ0n) is 14.6. The van der Waals surface area contributed by atoms with E-state index >= 15 is 0 Å². The molecule has 0 unspecified atom stereocenters. The lowest BCUT2D eigenvalue weighted by molar-refractivity contribution is 0.246. The molecule has 0 spiro atoms. The average Bonchev–Trinajstić information content (AvgIpc) is 2.61. The molecule has 0 aliphatic rings. The van der Waals surface area contributed by atoms with Crippen molar-refractivity contribution in [1.29, 1.82) is 0 Å². The monoisotopic (exact) mass is 465 g/mol. The van der Waals surface area contributed by atoms with E-state index in [0.29, 0.717) is 0 Å². The quantitative estimate of drug-likeness (QED) is 0.541. The van der Waals surface area contributed by atoms with Gasteiger partial charge in [0, 0.05) is 18.1 Å². The Kier molecular flexibility index (Phi) is 7.29. The highest BCUT2D eigenvalue weighted by molar-refractivity contribution is 7.90. The first-order valence-corrected chi connectivity index (χ1v) is 11.6. The first-order valence-electron chi connectivity index (χ1n) is 7.83. The van der Waals surface area contributed by atoms with E-state index in [4.69, 9.17) is 23.2 Å². The minimum atomic E-state index is -4.03. The van der Waals surface area contributed by atoms with Gasteiger partial charge < -0.3 is 5.32 Å². The van der Waals surface area contributed by atoms with Crippen molar-refractivity contribution in [3.8, 4) is 0 Å². The SMILES string of the molecule is Cc1ccc(S(=O)(=O)NC(=O)NCCNS(=O)(=O)c2cc(Cl)ccc2Cl)cc1. The van der Waals surface area contributed by atoms with Crippen LogP contribution in [-0.2, 0) is 20.0 Å². The molecule has 28 heavy (non-hydrogen) atoms. The fraction of sp³-hybridized carbons (Fsp3) is 0.188. The number of aryl methyl sites for hydroxylation is 1. The fourth-order valence-corrected chi connectivity index (χ4v) is 4.78. The molecule has 0 fully saturated rings. The molecule has 12 heteroatoms. The van der Waals surface area contributed by atoms with Crippen LogP contribution in [0.25, 0.3) is 0 Å². The standard InChI is InChI=1S/C16H17Cl2N3O5S2/c1-11-2-5-13(6-3-11)27(23,24)21-16(22)19-8-9-20-28(25,26)15-10-12(17)4-7-14(15)18/h2-7,10,20H,8-9H2,1H3,(H2,19,21,22). The van der Waals surface area contributed by atoms with Gasteiger partial charge in [0.1, 0.15) is 4.90 Å². The summed E-state index contributed by atoms with van der Waals surface area (Å²) >= 11 is 11.6. The number of carbonyl (C=O) groups is 1. The van der Waals surface area contributed by atoms with Crippen LogP contribution in [0.5, 0.6) is 0 Å². The van der Waals surface area contributed by atoms with Crippen molar-refractivity contribution in [2.45, 2.75) is 16.7 Å². The van der Waals surface area contributed by atoms with Crippen molar-refractivity contribution >= 4 is 49.3 Å². The van der Waals surface area contributed by atoms with Crippen molar-refractivity contribution in [3.63, 3.8) is 0 Å². The van der Waals surface area contributed by atoms with Crippen LogP contribution in [0.3, 0.4) is 0 Å². The van der Waals surface area contributed by atoms with Gasteiger partial charge >= 0.3 is 6.03 Å². The number of nitrogens with one attached hydrogen (secondary N) is 3. The van der Waals surface area contributed by atoms with Crippen molar-refractivity contribution in [2.24, 2.45) is 0 Å². The van der Waals surface area contributed by atoms with Crippen molar-refractivity contribution in [3.05, 3.63) is 58.1 Å². The molecule has 3 N–H and O–H groups in total. The maximum Gasteiger partial charge on any atom is 0.328 e. The van der Waals surface area contributed by atoms with Crippen LogP contribution in [-0.4, -0.2) is 36.0 Å².